The van der Waals surface area contributed by atoms with Crippen molar-refractivity contribution in [3.05, 3.63) is 58.7 Å². The number of carboxylic acids is 2. The van der Waals surface area contributed by atoms with Crippen LogP contribution in [0.25, 0.3) is 0 Å². The standard InChI is InChI=1S/C14H17N3O3.C13H15N3O3/c1-7(2)14(4)13(20)16-11(17-14)10-9(12(18)19)5-8(3)6-15-10;1-7(2)13(3)12(19)15-10(16-13)9-8(11(17)18)5-4-6-14-9/h5-7H,1-4H3,(H,18,19)(H,16,17,20);4-7H,1-3H3,(H,17,18)(H,15,16,19). The summed E-state index contributed by atoms with van der Waals surface area (Å²) in [5.74, 6) is -2.21. The first-order valence-corrected chi connectivity index (χ1v) is 12.3. The molecule has 2 unspecified atom stereocenters. The number of aryl methyl sites for hydroxylation is 1. The zero-order chi connectivity index (χ0) is 29.3. The van der Waals surface area contributed by atoms with Crippen LogP contribution in [0.1, 0.15) is 79.2 Å². The molecule has 2 amide bonds. The van der Waals surface area contributed by atoms with Gasteiger partial charge in [-0.1, -0.05) is 27.7 Å². The first-order chi connectivity index (χ1) is 18.1. The maximum absolute atomic E-state index is 12.1. The Morgan fingerprint density at radius 3 is 1.69 bits per heavy atom. The number of carboxylic acid groups (broad SMARTS) is 2. The van der Waals surface area contributed by atoms with Gasteiger partial charge in [0.1, 0.15) is 22.5 Å². The molecule has 2 aliphatic rings. The molecule has 4 rings (SSSR count). The van der Waals surface area contributed by atoms with E-state index in [2.05, 4.69) is 30.6 Å². The van der Waals surface area contributed by atoms with Gasteiger partial charge in [-0.15, -0.1) is 0 Å². The van der Waals surface area contributed by atoms with E-state index in [1.165, 1.54) is 24.4 Å². The molecule has 2 atom stereocenters. The summed E-state index contributed by atoms with van der Waals surface area (Å²) < 4.78 is 0. The molecule has 2 aliphatic heterocycles. The molecule has 0 saturated carbocycles. The van der Waals surface area contributed by atoms with Crippen molar-refractivity contribution in [2.45, 2.75) is 59.5 Å². The van der Waals surface area contributed by atoms with Crippen molar-refractivity contribution in [1.82, 2.24) is 20.6 Å². The Balaban J connectivity index is 0.000000216. The number of amides is 2. The van der Waals surface area contributed by atoms with E-state index in [0.29, 0.717) is 0 Å². The van der Waals surface area contributed by atoms with E-state index in [4.69, 9.17) is 5.11 Å². The monoisotopic (exact) mass is 536 g/mol. The number of hydrogen-bond donors (Lipinski definition) is 4. The van der Waals surface area contributed by atoms with E-state index in [0.717, 1.165) is 5.56 Å². The third-order valence-corrected chi connectivity index (χ3v) is 7.06. The fourth-order valence-electron chi connectivity index (χ4n) is 3.78. The van der Waals surface area contributed by atoms with Gasteiger partial charge in [-0.05, 0) is 56.4 Å². The van der Waals surface area contributed by atoms with Crippen LogP contribution in [-0.2, 0) is 9.59 Å². The van der Waals surface area contributed by atoms with Gasteiger partial charge in [0.25, 0.3) is 11.8 Å². The third-order valence-electron chi connectivity index (χ3n) is 7.06. The zero-order valence-corrected chi connectivity index (χ0v) is 22.9. The molecule has 2 aromatic heterocycles. The van der Waals surface area contributed by atoms with E-state index in [1.54, 1.807) is 27.0 Å². The highest BCUT2D eigenvalue weighted by molar-refractivity contribution is 6.18. The molecule has 0 spiro atoms. The number of nitrogens with one attached hydrogen (secondary N) is 2. The van der Waals surface area contributed by atoms with Crippen LogP contribution in [-0.4, -0.2) is 66.7 Å². The first-order valence-electron chi connectivity index (χ1n) is 12.3. The predicted octanol–water partition coefficient (Wildman–Crippen LogP) is 2.45. The Kier molecular flexibility index (Phi) is 7.99. The second-order valence-electron chi connectivity index (χ2n) is 10.4. The maximum atomic E-state index is 12.1. The van der Waals surface area contributed by atoms with Crippen molar-refractivity contribution in [2.24, 2.45) is 21.8 Å². The molecule has 0 aliphatic carbocycles. The highest BCUT2D eigenvalue weighted by atomic mass is 16.4. The van der Waals surface area contributed by atoms with Gasteiger partial charge < -0.3 is 20.8 Å². The summed E-state index contributed by atoms with van der Waals surface area (Å²) >= 11 is 0. The SMILES string of the molecule is CC(C)C1(C)N=C(c2ncccc2C(=O)O)NC1=O.Cc1cnc(C2=NC(C)(C(C)C)C(=O)N2)c(C(=O)O)c1. The van der Waals surface area contributed by atoms with Crippen molar-refractivity contribution in [3.8, 4) is 0 Å². The van der Waals surface area contributed by atoms with E-state index in [1.807, 2.05) is 27.7 Å². The minimum absolute atomic E-state index is 0.00118. The molecule has 12 heteroatoms. The van der Waals surface area contributed by atoms with E-state index >= 15 is 0 Å². The Morgan fingerprint density at radius 1 is 0.821 bits per heavy atom. The van der Waals surface area contributed by atoms with Crippen molar-refractivity contribution < 1.29 is 29.4 Å². The smallest absolute Gasteiger partial charge is 0.338 e. The summed E-state index contributed by atoms with van der Waals surface area (Å²) in [7, 11) is 0. The number of nitrogens with zero attached hydrogens (tertiary/aromatic N) is 4. The number of aliphatic imine (C=N–C) groups is 2. The molecule has 39 heavy (non-hydrogen) atoms. The third kappa shape index (κ3) is 5.54. The highest BCUT2D eigenvalue weighted by Crippen LogP contribution is 2.28. The molecule has 0 radical (unpaired) electrons. The van der Waals surface area contributed by atoms with Crippen LogP contribution in [0.5, 0.6) is 0 Å². The van der Waals surface area contributed by atoms with Crippen LogP contribution in [0.15, 0.2) is 40.6 Å². The molecule has 12 nitrogen and oxygen atoms in total. The van der Waals surface area contributed by atoms with E-state index in [9.17, 15) is 24.3 Å². The van der Waals surface area contributed by atoms with Gasteiger partial charge in [-0.25, -0.2) is 19.6 Å². The van der Waals surface area contributed by atoms with Gasteiger partial charge in [0.2, 0.25) is 0 Å². The number of rotatable bonds is 6. The second-order valence-corrected chi connectivity index (χ2v) is 10.4. The maximum Gasteiger partial charge on any atom is 0.338 e. The van der Waals surface area contributed by atoms with Gasteiger partial charge in [0.15, 0.2) is 11.7 Å². The predicted molar refractivity (Wildman–Crippen MR) is 143 cm³/mol. The van der Waals surface area contributed by atoms with E-state index < -0.39 is 23.0 Å². The lowest BCUT2D eigenvalue weighted by molar-refractivity contribution is -0.125. The summed E-state index contributed by atoms with van der Waals surface area (Å²) in [6, 6.07) is 4.49. The molecular formula is C27H32N6O6. The largest absolute Gasteiger partial charge is 0.478 e. The lowest BCUT2D eigenvalue weighted by Gasteiger charge is -2.21. The number of aromatic nitrogens is 2. The lowest BCUT2D eigenvalue weighted by Crippen LogP contribution is -2.41. The van der Waals surface area contributed by atoms with Crippen molar-refractivity contribution in [3.63, 3.8) is 0 Å². The Morgan fingerprint density at radius 2 is 1.28 bits per heavy atom. The normalized spacial score (nSPS) is 22.1. The van der Waals surface area contributed by atoms with Gasteiger partial charge in [-0.2, -0.15) is 0 Å². The number of pyridine rings is 2. The summed E-state index contributed by atoms with van der Waals surface area (Å²) in [5.41, 5.74) is -0.594. The zero-order valence-electron chi connectivity index (χ0n) is 22.9. The van der Waals surface area contributed by atoms with Crippen LogP contribution >= 0.6 is 0 Å². The second kappa shape index (κ2) is 10.7. The fourth-order valence-corrected chi connectivity index (χ4v) is 3.78. The average Bonchev–Trinajstić information content (AvgIpc) is 3.35. The van der Waals surface area contributed by atoms with E-state index in [-0.39, 0.29) is 57.8 Å². The number of carbonyl (C=O) groups excluding carboxylic acids is 2. The van der Waals surface area contributed by atoms with Gasteiger partial charge in [0, 0.05) is 12.4 Å². The molecule has 4 N–H and O–H groups in total. The lowest BCUT2D eigenvalue weighted by atomic mass is 9.89. The Bertz CT molecular complexity index is 1420. The van der Waals surface area contributed by atoms with Crippen molar-refractivity contribution in [2.75, 3.05) is 0 Å². The Labute approximate surface area is 225 Å². The minimum atomic E-state index is -1.10. The molecule has 0 bridgehead atoms. The summed E-state index contributed by atoms with van der Waals surface area (Å²) in [4.78, 5) is 63.4. The van der Waals surface area contributed by atoms with Crippen molar-refractivity contribution in [1.29, 1.82) is 0 Å². The topological polar surface area (TPSA) is 183 Å². The summed E-state index contributed by atoms with van der Waals surface area (Å²) in [6.45, 7) is 12.8. The number of amidine groups is 2. The van der Waals surface area contributed by atoms with Gasteiger partial charge >= 0.3 is 11.9 Å². The van der Waals surface area contributed by atoms with Gasteiger partial charge in [0.05, 0.1) is 11.1 Å². The molecule has 4 heterocycles. The van der Waals surface area contributed by atoms with Gasteiger partial charge in [-0.3, -0.25) is 19.6 Å². The molecule has 2 aromatic rings. The van der Waals surface area contributed by atoms with Crippen LogP contribution < -0.4 is 10.6 Å². The van der Waals surface area contributed by atoms with Crippen LogP contribution in [0, 0.1) is 18.8 Å². The first kappa shape index (κ1) is 29.1. The fraction of sp³-hybridized carbons (Fsp3) is 0.407. The highest BCUT2D eigenvalue weighted by Gasteiger charge is 2.44. The summed E-state index contributed by atoms with van der Waals surface area (Å²) in [6.07, 6.45) is 3.03. The average molecular weight is 537 g/mol. The Hall–Kier alpha value is -4.48. The quantitative estimate of drug-likeness (QED) is 0.434. The molecule has 0 saturated heterocycles. The minimum Gasteiger partial charge on any atom is -0.478 e. The number of aromatic carboxylic acids is 2. The summed E-state index contributed by atoms with van der Waals surface area (Å²) in [5, 5.41) is 23.6. The number of carbonyl (C=O) groups is 4. The van der Waals surface area contributed by atoms with Crippen LogP contribution in [0.4, 0.5) is 0 Å². The van der Waals surface area contributed by atoms with Crippen LogP contribution in [0.3, 0.4) is 0 Å². The number of hydrogen-bond acceptors (Lipinski definition) is 8. The molecule has 0 fully saturated rings. The molecular weight excluding hydrogens is 504 g/mol. The molecule has 0 aromatic carbocycles. The molecule has 206 valence electrons. The van der Waals surface area contributed by atoms with Crippen molar-refractivity contribution >= 4 is 35.4 Å². The van der Waals surface area contributed by atoms with Crippen LogP contribution in [0.2, 0.25) is 0 Å².